The fraction of sp³-hybridized carbons (Fsp3) is 0.278. The van der Waals surface area contributed by atoms with Crippen LogP contribution in [0.25, 0.3) is 0 Å². The Hall–Kier alpha value is -3.29. The second-order valence-electron chi connectivity index (χ2n) is 6.18. The Bertz CT molecular complexity index is 965. The van der Waals surface area contributed by atoms with E-state index in [-0.39, 0.29) is 11.5 Å². The molecule has 0 saturated carbocycles. The number of hydrogen-bond donors (Lipinski definition) is 0. The zero-order chi connectivity index (χ0) is 17.9. The molecule has 3 aromatic heterocycles. The smallest absolute Gasteiger partial charge is 0.272 e. The molecule has 4 rings (SSSR count). The molecule has 26 heavy (non-hydrogen) atoms. The predicted molar refractivity (Wildman–Crippen MR) is 93.4 cm³/mol. The van der Waals surface area contributed by atoms with Crippen LogP contribution in [0.3, 0.4) is 0 Å². The van der Waals surface area contributed by atoms with Gasteiger partial charge in [0.05, 0.1) is 25.1 Å². The summed E-state index contributed by atoms with van der Waals surface area (Å²) in [5.74, 6) is 0.461. The van der Waals surface area contributed by atoms with Gasteiger partial charge in [-0.3, -0.25) is 19.1 Å². The first-order valence-electron chi connectivity index (χ1n) is 8.46. The molecule has 3 aromatic rings. The first-order chi connectivity index (χ1) is 12.7. The van der Waals surface area contributed by atoms with Crippen molar-refractivity contribution in [2.75, 3.05) is 6.54 Å². The van der Waals surface area contributed by atoms with Crippen molar-refractivity contribution in [3.63, 3.8) is 0 Å². The number of aromatic nitrogens is 5. The molecule has 1 aliphatic heterocycles. The van der Waals surface area contributed by atoms with E-state index in [1.54, 1.807) is 52.5 Å². The van der Waals surface area contributed by atoms with Gasteiger partial charge >= 0.3 is 0 Å². The molecular weight excluding hydrogens is 332 g/mol. The first kappa shape index (κ1) is 16.2. The van der Waals surface area contributed by atoms with Gasteiger partial charge in [-0.1, -0.05) is 6.07 Å². The van der Waals surface area contributed by atoms with Crippen LogP contribution in [0.4, 0.5) is 0 Å². The van der Waals surface area contributed by atoms with Crippen LogP contribution in [0.5, 0.6) is 0 Å². The van der Waals surface area contributed by atoms with E-state index in [9.17, 15) is 9.59 Å². The molecule has 0 saturated heterocycles. The summed E-state index contributed by atoms with van der Waals surface area (Å²) in [5, 5.41) is 0. The van der Waals surface area contributed by atoms with E-state index in [1.165, 1.54) is 0 Å². The van der Waals surface area contributed by atoms with Crippen molar-refractivity contribution in [1.29, 1.82) is 0 Å². The van der Waals surface area contributed by atoms with E-state index in [0.717, 1.165) is 0 Å². The topological polar surface area (TPSA) is 85.9 Å². The predicted octanol–water partition coefficient (Wildman–Crippen LogP) is 0.929. The molecule has 8 nitrogen and oxygen atoms in total. The average molecular weight is 350 g/mol. The largest absolute Gasteiger partial charge is 0.331 e. The zero-order valence-electron chi connectivity index (χ0n) is 14.2. The van der Waals surface area contributed by atoms with Gasteiger partial charge in [-0.05, 0) is 18.6 Å². The van der Waals surface area contributed by atoms with Gasteiger partial charge in [-0.2, -0.15) is 0 Å². The summed E-state index contributed by atoms with van der Waals surface area (Å²) >= 11 is 0. The molecule has 1 amide bonds. The number of pyridine rings is 1. The number of carbonyl (C=O) groups excluding carboxylic acids is 1. The zero-order valence-corrected chi connectivity index (χ0v) is 14.2. The molecular formula is C18H18N6O2. The molecule has 0 aliphatic carbocycles. The van der Waals surface area contributed by atoms with Crippen LogP contribution in [0, 0.1) is 0 Å². The number of hydrogen-bond acceptors (Lipinski definition) is 5. The van der Waals surface area contributed by atoms with E-state index in [0.29, 0.717) is 49.8 Å². The summed E-state index contributed by atoms with van der Waals surface area (Å²) in [4.78, 5) is 39.7. The number of carbonyl (C=O) groups is 1. The van der Waals surface area contributed by atoms with Gasteiger partial charge in [0.25, 0.3) is 11.5 Å². The van der Waals surface area contributed by atoms with Gasteiger partial charge in [0.15, 0.2) is 0 Å². The van der Waals surface area contributed by atoms with Gasteiger partial charge in [0.1, 0.15) is 11.5 Å². The van der Waals surface area contributed by atoms with Crippen molar-refractivity contribution in [2.24, 2.45) is 0 Å². The molecule has 0 spiro atoms. The van der Waals surface area contributed by atoms with Gasteiger partial charge in [0, 0.05) is 37.7 Å². The molecule has 0 fully saturated rings. The Morgan fingerprint density at radius 3 is 2.88 bits per heavy atom. The van der Waals surface area contributed by atoms with E-state index < -0.39 is 0 Å². The lowest BCUT2D eigenvalue weighted by molar-refractivity contribution is 0.0737. The Kier molecular flexibility index (Phi) is 4.30. The lowest BCUT2D eigenvalue weighted by Gasteiger charge is -2.19. The molecule has 132 valence electrons. The van der Waals surface area contributed by atoms with Gasteiger partial charge in [0.2, 0.25) is 0 Å². The number of amides is 1. The number of rotatable bonds is 3. The molecule has 8 heteroatoms. The SMILES string of the molecule is O=C(c1ccccn1)N1CCCn2c(nc(Cn3ccnc3)cc2=O)C1. The van der Waals surface area contributed by atoms with E-state index in [1.807, 2.05) is 10.8 Å². The van der Waals surface area contributed by atoms with E-state index in [4.69, 9.17) is 0 Å². The minimum absolute atomic E-state index is 0.0859. The maximum atomic E-state index is 12.7. The summed E-state index contributed by atoms with van der Waals surface area (Å²) in [6, 6.07) is 6.82. The first-order valence-corrected chi connectivity index (χ1v) is 8.46. The van der Waals surface area contributed by atoms with Crippen LogP contribution >= 0.6 is 0 Å². The third kappa shape index (κ3) is 3.26. The molecule has 0 bridgehead atoms. The monoisotopic (exact) mass is 350 g/mol. The fourth-order valence-electron chi connectivity index (χ4n) is 3.11. The standard InChI is InChI=1S/C18H18N6O2/c25-17-10-14(11-22-9-6-19-13-22)21-16-12-23(7-3-8-24(16)17)18(26)15-4-1-2-5-20-15/h1-2,4-6,9-10,13H,3,7-8,11-12H2. The Morgan fingerprint density at radius 1 is 1.19 bits per heavy atom. The highest BCUT2D eigenvalue weighted by Gasteiger charge is 2.22. The number of imidazole rings is 1. The van der Waals surface area contributed by atoms with E-state index >= 15 is 0 Å². The summed E-state index contributed by atoms with van der Waals surface area (Å²) in [5.41, 5.74) is 0.974. The summed E-state index contributed by atoms with van der Waals surface area (Å²) in [7, 11) is 0. The lowest BCUT2D eigenvalue weighted by Crippen LogP contribution is -2.32. The third-order valence-corrected chi connectivity index (χ3v) is 4.36. The number of nitrogens with zero attached hydrogens (tertiary/aromatic N) is 6. The lowest BCUT2D eigenvalue weighted by atomic mass is 10.3. The fourth-order valence-corrected chi connectivity index (χ4v) is 3.11. The van der Waals surface area contributed by atoms with Crippen molar-refractivity contribution < 1.29 is 4.79 Å². The molecule has 0 radical (unpaired) electrons. The summed E-state index contributed by atoms with van der Waals surface area (Å²) in [6.07, 6.45) is 7.49. The minimum atomic E-state index is -0.145. The molecule has 4 heterocycles. The van der Waals surface area contributed by atoms with Crippen LogP contribution in [0.2, 0.25) is 0 Å². The van der Waals surface area contributed by atoms with Crippen LogP contribution in [0.1, 0.15) is 28.4 Å². The van der Waals surface area contributed by atoms with Crippen LogP contribution in [-0.2, 0) is 19.6 Å². The second-order valence-corrected chi connectivity index (χ2v) is 6.18. The van der Waals surface area contributed by atoms with Crippen LogP contribution in [0.15, 0.2) is 54.0 Å². The van der Waals surface area contributed by atoms with Crippen molar-refractivity contribution in [1.82, 2.24) is 29.0 Å². The molecule has 0 unspecified atom stereocenters. The maximum Gasteiger partial charge on any atom is 0.272 e. The second kappa shape index (κ2) is 6.91. The summed E-state index contributed by atoms with van der Waals surface area (Å²) in [6.45, 7) is 1.88. The average Bonchev–Trinajstić information content (AvgIpc) is 3.06. The van der Waals surface area contributed by atoms with Crippen LogP contribution < -0.4 is 5.56 Å². The van der Waals surface area contributed by atoms with Crippen molar-refractivity contribution in [2.45, 2.75) is 26.1 Å². The minimum Gasteiger partial charge on any atom is -0.331 e. The number of fused-ring (bicyclic) bond motifs is 1. The maximum absolute atomic E-state index is 12.7. The highest BCUT2D eigenvalue weighted by atomic mass is 16.2. The quantitative estimate of drug-likeness (QED) is 0.701. The van der Waals surface area contributed by atoms with Crippen LogP contribution in [-0.4, -0.2) is 41.4 Å². The molecule has 1 aliphatic rings. The van der Waals surface area contributed by atoms with Gasteiger partial charge < -0.3 is 9.47 Å². The summed E-state index contributed by atoms with van der Waals surface area (Å²) < 4.78 is 3.51. The molecule has 0 aromatic carbocycles. The Labute approximate surface area is 149 Å². The van der Waals surface area contributed by atoms with Gasteiger partial charge in [-0.25, -0.2) is 9.97 Å². The molecule has 0 N–H and O–H groups in total. The molecule has 0 atom stereocenters. The van der Waals surface area contributed by atoms with Crippen molar-refractivity contribution >= 4 is 5.91 Å². The highest BCUT2D eigenvalue weighted by Crippen LogP contribution is 2.12. The Morgan fingerprint density at radius 2 is 2.12 bits per heavy atom. The third-order valence-electron chi connectivity index (χ3n) is 4.36. The Balaban J connectivity index is 1.63. The van der Waals surface area contributed by atoms with Crippen molar-refractivity contribution in [3.05, 3.63) is 76.7 Å². The highest BCUT2D eigenvalue weighted by molar-refractivity contribution is 5.92. The normalized spacial score (nSPS) is 13.9. The van der Waals surface area contributed by atoms with E-state index in [2.05, 4.69) is 15.0 Å². The van der Waals surface area contributed by atoms with Crippen molar-refractivity contribution in [3.8, 4) is 0 Å². The van der Waals surface area contributed by atoms with Gasteiger partial charge in [-0.15, -0.1) is 0 Å².